The number of carbonyl (C=O) groups is 1. The monoisotopic (exact) mass is 349 g/mol. The number of likely N-dealkylation sites (tertiary alicyclic amines) is 1. The molecule has 7 nitrogen and oxygen atoms in total. The van der Waals surface area contributed by atoms with Crippen LogP contribution in [-0.4, -0.2) is 82.3 Å². The van der Waals surface area contributed by atoms with Crippen LogP contribution in [0.5, 0.6) is 17.2 Å². The van der Waals surface area contributed by atoms with Crippen molar-refractivity contribution in [1.29, 1.82) is 0 Å². The van der Waals surface area contributed by atoms with E-state index in [9.17, 15) is 4.79 Å². The first-order valence-electron chi connectivity index (χ1n) is 8.72. The van der Waals surface area contributed by atoms with Gasteiger partial charge in [-0.2, -0.15) is 0 Å². The molecule has 7 heteroatoms. The van der Waals surface area contributed by atoms with E-state index in [-0.39, 0.29) is 5.91 Å². The fraction of sp³-hybridized carbons (Fsp3) is 0.611. The molecular weight excluding hydrogens is 322 g/mol. The van der Waals surface area contributed by atoms with Crippen LogP contribution < -0.4 is 19.5 Å². The van der Waals surface area contributed by atoms with Crippen molar-refractivity contribution in [1.82, 2.24) is 15.1 Å². The van der Waals surface area contributed by atoms with Crippen LogP contribution in [0, 0.1) is 0 Å². The second-order valence-corrected chi connectivity index (χ2v) is 6.39. The number of hydrogen-bond donors (Lipinski definition) is 1. The lowest BCUT2D eigenvalue weighted by atomic mass is 10.1. The highest BCUT2D eigenvalue weighted by atomic mass is 16.5. The number of nitrogens with one attached hydrogen (secondary N) is 1. The van der Waals surface area contributed by atoms with E-state index in [4.69, 9.17) is 14.2 Å². The molecule has 2 saturated heterocycles. The molecule has 0 saturated carbocycles. The van der Waals surface area contributed by atoms with E-state index >= 15 is 0 Å². The van der Waals surface area contributed by atoms with Gasteiger partial charge in [0.15, 0.2) is 11.5 Å². The second kappa shape index (κ2) is 7.93. The highest BCUT2D eigenvalue weighted by Crippen LogP contribution is 2.35. The Hall–Kier alpha value is -1.99. The average molecular weight is 349 g/mol. The molecule has 2 heterocycles. The van der Waals surface area contributed by atoms with Crippen LogP contribution in [-0.2, 0) is 0 Å². The summed E-state index contributed by atoms with van der Waals surface area (Å²) in [6, 6.07) is 3.85. The van der Waals surface area contributed by atoms with Gasteiger partial charge >= 0.3 is 0 Å². The van der Waals surface area contributed by atoms with Crippen molar-refractivity contribution >= 4 is 5.91 Å². The summed E-state index contributed by atoms with van der Waals surface area (Å²) in [5, 5.41) is 3.37. The highest BCUT2D eigenvalue weighted by Gasteiger charge is 2.32. The maximum atomic E-state index is 13.0. The van der Waals surface area contributed by atoms with Crippen molar-refractivity contribution < 1.29 is 19.0 Å². The summed E-state index contributed by atoms with van der Waals surface area (Å²) in [5.74, 6) is 1.57. The van der Waals surface area contributed by atoms with Crippen LogP contribution in [0.4, 0.5) is 0 Å². The van der Waals surface area contributed by atoms with E-state index in [1.54, 1.807) is 33.5 Å². The Balaban J connectivity index is 1.76. The van der Waals surface area contributed by atoms with Crippen LogP contribution >= 0.6 is 0 Å². The molecule has 1 aromatic rings. The minimum absolute atomic E-state index is 0.0181. The summed E-state index contributed by atoms with van der Waals surface area (Å²) in [6.07, 6.45) is 1.02. The molecule has 25 heavy (non-hydrogen) atoms. The SMILES string of the molecule is COc1cc(OC)c(C(=O)N2CCC(N3CCNCC3)C2)cc1OC. The summed E-state index contributed by atoms with van der Waals surface area (Å²) < 4.78 is 16.0. The molecule has 2 aliphatic heterocycles. The van der Waals surface area contributed by atoms with Crippen molar-refractivity contribution in [2.24, 2.45) is 0 Å². The minimum Gasteiger partial charge on any atom is -0.496 e. The number of benzene rings is 1. The predicted octanol–water partition coefficient (Wildman–Crippen LogP) is 0.832. The molecule has 1 aromatic carbocycles. The quantitative estimate of drug-likeness (QED) is 0.850. The highest BCUT2D eigenvalue weighted by molar-refractivity contribution is 5.98. The normalized spacial score (nSPS) is 21.2. The summed E-state index contributed by atoms with van der Waals surface area (Å²) in [5.41, 5.74) is 0.515. The molecule has 138 valence electrons. The molecule has 1 atom stereocenters. The third-order valence-corrected chi connectivity index (χ3v) is 5.05. The maximum absolute atomic E-state index is 13.0. The van der Waals surface area contributed by atoms with Gasteiger partial charge in [-0.05, 0) is 6.42 Å². The third-order valence-electron chi connectivity index (χ3n) is 5.05. The van der Waals surface area contributed by atoms with Crippen molar-refractivity contribution in [3.05, 3.63) is 17.7 Å². The fourth-order valence-electron chi connectivity index (χ4n) is 3.64. The molecule has 1 unspecified atom stereocenters. The molecule has 2 fully saturated rings. The molecule has 2 aliphatic rings. The first-order valence-corrected chi connectivity index (χ1v) is 8.72. The summed E-state index contributed by atoms with van der Waals surface area (Å²) in [4.78, 5) is 17.4. The van der Waals surface area contributed by atoms with Gasteiger partial charge in [-0.15, -0.1) is 0 Å². The summed E-state index contributed by atoms with van der Waals surface area (Å²) in [6.45, 7) is 5.67. The van der Waals surface area contributed by atoms with Gasteiger partial charge in [0.05, 0.1) is 26.9 Å². The number of ether oxygens (including phenoxy) is 3. The van der Waals surface area contributed by atoms with Gasteiger partial charge < -0.3 is 24.4 Å². The van der Waals surface area contributed by atoms with Gasteiger partial charge in [0, 0.05) is 57.4 Å². The molecule has 0 aliphatic carbocycles. The Kier molecular flexibility index (Phi) is 5.65. The van der Waals surface area contributed by atoms with Crippen LogP contribution in [0.15, 0.2) is 12.1 Å². The number of piperazine rings is 1. The average Bonchev–Trinajstić information content (AvgIpc) is 3.17. The van der Waals surface area contributed by atoms with Crippen LogP contribution in [0.1, 0.15) is 16.8 Å². The van der Waals surface area contributed by atoms with E-state index in [0.29, 0.717) is 28.9 Å². The molecule has 0 radical (unpaired) electrons. The molecule has 1 N–H and O–H groups in total. The topological polar surface area (TPSA) is 63.3 Å². The second-order valence-electron chi connectivity index (χ2n) is 6.39. The van der Waals surface area contributed by atoms with Gasteiger partial charge in [-0.25, -0.2) is 0 Å². The van der Waals surface area contributed by atoms with Crippen molar-refractivity contribution in [3.63, 3.8) is 0 Å². The van der Waals surface area contributed by atoms with Crippen molar-refractivity contribution in [3.8, 4) is 17.2 Å². The number of methoxy groups -OCH3 is 3. The van der Waals surface area contributed by atoms with E-state index in [1.165, 1.54) is 0 Å². The molecular formula is C18H27N3O4. The predicted molar refractivity (Wildman–Crippen MR) is 94.8 cm³/mol. The Morgan fingerprint density at radius 3 is 2.28 bits per heavy atom. The van der Waals surface area contributed by atoms with Crippen LogP contribution in [0.3, 0.4) is 0 Å². The third kappa shape index (κ3) is 3.67. The molecule has 0 aromatic heterocycles. The first kappa shape index (κ1) is 17.8. The Morgan fingerprint density at radius 2 is 1.64 bits per heavy atom. The number of nitrogens with zero attached hydrogens (tertiary/aromatic N) is 2. The van der Waals surface area contributed by atoms with Gasteiger partial charge in [0.25, 0.3) is 5.91 Å². The Bertz CT molecular complexity index is 617. The minimum atomic E-state index is -0.0181. The van der Waals surface area contributed by atoms with Crippen molar-refractivity contribution in [2.75, 3.05) is 60.6 Å². The summed E-state index contributed by atoms with van der Waals surface area (Å²) in [7, 11) is 4.69. The van der Waals surface area contributed by atoms with Gasteiger partial charge in [-0.1, -0.05) is 0 Å². The molecule has 3 rings (SSSR count). The van der Waals surface area contributed by atoms with Gasteiger partial charge in [0.1, 0.15) is 5.75 Å². The van der Waals surface area contributed by atoms with Gasteiger partial charge in [0.2, 0.25) is 0 Å². The van der Waals surface area contributed by atoms with E-state index in [1.807, 2.05) is 4.90 Å². The Labute approximate surface area is 148 Å². The zero-order chi connectivity index (χ0) is 17.8. The van der Waals surface area contributed by atoms with Crippen molar-refractivity contribution in [2.45, 2.75) is 12.5 Å². The zero-order valence-corrected chi connectivity index (χ0v) is 15.2. The number of rotatable bonds is 5. The smallest absolute Gasteiger partial charge is 0.257 e. The molecule has 0 spiro atoms. The summed E-state index contributed by atoms with van der Waals surface area (Å²) >= 11 is 0. The van der Waals surface area contributed by atoms with Crippen LogP contribution in [0.2, 0.25) is 0 Å². The number of hydrogen-bond acceptors (Lipinski definition) is 6. The molecule has 1 amide bonds. The largest absolute Gasteiger partial charge is 0.496 e. The lowest BCUT2D eigenvalue weighted by Gasteiger charge is -2.32. The van der Waals surface area contributed by atoms with E-state index in [2.05, 4.69) is 10.2 Å². The lowest BCUT2D eigenvalue weighted by molar-refractivity contribution is 0.0769. The first-order chi connectivity index (χ1) is 12.2. The van der Waals surface area contributed by atoms with E-state index in [0.717, 1.165) is 45.7 Å². The van der Waals surface area contributed by atoms with Gasteiger partial charge in [-0.3, -0.25) is 9.69 Å². The lowest BCUT2D eigenvalue weighted by Crippen LogP contribution is -2.49. The van der Waals surface area contributed by atoms with E-state index < -0.39 is 0 Å². The zero-order valence-electron chi connectivity index (χ0n) is 15.2. The standard InChI is InChI=1S/C18H27N3O4/c1-23-15-11-17(25-3)16(24-2)10-14(15)18(22)21-7-4-13(12-21)20-8-5-19-6-9-20/h10-11,13,19H,4-9,12H2,1-3H3. The number of carbonyl (C=O) groups excluding carboxylic acids is 1. The van der Waals surface area contributed by atoms with Crippen LogP contribution in [0.25, 0.3) is 0 Å². The number of amides is 1. The fourth-order valence-corrected chi connectivity index (χ4v) is 3.64. The maximum Gasteiger partial charge on any atom is 0.257 e. The molecule has 0 bridgehead atoms. The Morgan fingerprint density at radius 1 is 1.00 bits per heavy atom.